The fourth-order valence-corrected chi connectivity index (χ4v) is 4.06. The fourth-order valence-electron chi connectivity index (χ4n) is 4.06. The number of nitro benzene ring substituents is 1. The maximum Gasteiger partial charge on any atom is 0.269 e. The number of fused-ring (bicyclic) bond motifs is 3. The molecule has 4 atom stereocenters. The van der Waals surface area contributed by atoms with Gasteiger partial charge in [0.15, 0.2) is 17.4 Å². The van der Waals surface area contributed by atoms with Crippen molar-refractivity contribution in [1.29, 1.82) is 0 Å². The lowest BCUT2D eigenvalue weighted by Gasteiger charge is -2.17. The summed E-state index contributed by atoms with van der Waals surface area (Å²) >= 11 is 0. The van der Waals surface area contributed by atoms with E-state index in [4.69, 9.17) is 9.47 Å². The van der Waals surface area contributed by atoms with E-state index in [0.717, 1.165) is 5.56 Å². The molecule has 1 aliphatic rings. The van der Waals surface area contributed by atoms with Crippen molar-refractivity contribution in [3.8, 4) is 5.88 Å². The Hall–Kier alpha value is -3.61. The third-order valence-corrected chi connectivity index (χ3v) is 5.81. The molecule has 4 aromatic rings. The number of ether oxygens (including phenoxy) is 2. The average Bonchev–Trinajstić information content (AvgIpc) is 3.52. The lowest BCUT2D eigenvalue weighted by atomic mass is 10.1. The van der Waals surface area contributed by atoms with Crippen LogP contribution in [0.3, 0.4) is 0 Å². The zero-order chi connectivity index (χ0) is 23.1. The lowest BCUT2D eigenvalue weighted by Crippen LogP contribution is -2.31. The first-order valence-electron chi connectivity index (χ1n) is 10.5. The number of hydrogen-bond acceptors (Lipinski definition) is 9. The Morgan fingerprint density at radius 2 is 2.00 bits per heavy atom. The number of imidazole rings is 2. The summed E-state index contributed by atoms with van der Waals surface area (Å²) in [5.41, 5.74) is 1.93. The molecule has 172 valence electrons. The highest BCUT2D eigenvalue weighted by Gasteiger charge is 2.43. The minimum absolute atomic E-state index is 0.0325. The zero-order valence-electron chi connectivity index (χ0n) is 17.7. The number of aliphatic hydroxyl groups is 2. The van der Waals surface area contributed by atoms with Crippen molar-refractivity contribution in [2.24, 2.45) is 0 Å². The quantitative estimate of drug-likeness (QED) is 0.314. The van der Waals surface area contributed by atoms with Crippen LogP contribution in [-0.4, -0.2) is 64.0 Å². The van der Waals surface area contributed by atoms with Crippen LogP contribution in [0.5, 0.6) is 5.88 Å². The monoisotopic (exact) mass is 454 g/mol. The van der Waals surface area contributed by atoms with Gasteiger partial charge in [-0.25, -0.2) is 9.97 Å². The number of non-ortho nitro benzene ring substituents is 1. The Kier molecular flexibility index (Phi) is 5.40. The van der Waals surface area contributed by atoms with Gasteiger partial charge in [-0.2, -0.15) is 4.98 Å². The van der Waals surface area contributed by atoms with Crippen LogP contribution >= 0.6 is 0 Å². The molecular weight excluding hydrogens is 432 g/mol. The summed E-state index contributed by atoms with van der Waals surface area (Å²) in [5, 5.41) is 31.7. The van der Waals surface area contributed by atoms with Crippen molar-refractivity contribution in [2.75, 3.05) is 6.61 Å². The molecule has 0 radical (unpaired) electrons. The first-order valence-corrected chi connectivity index (χ1v) is 10.5. The number of hydrogen-bond donors (Lipinski definition) is 2. The van der Waals surface area contributed by atoms with E-state index in [1.54, 1.807) is 33.5 Å². The molecule has 0 amide bonds. The molecule has 1 aliphatic heterocycles. The Morgan fingerprint density at radius 1 is 1.21 bits per heavy atom. The Morgan fingerprint density at radius 3 is 2.70 bits per heavy atom. The van der Waals surface area contributed by atoms with Crippen molar-refractivity contribution < 1.29 is 24.6 Å². The van der Waals surface area contributed by atoms with Crippen LogP contribution in [0.1, 0.15) is 25.1 Å². The Bertz CT molecular complexity index is 1300. The maximum atomic E-state index is 10.8. The van der Waals surface area contributed by atoms with Gasteiger partial charge in [0.2, 0.25) is 11.7 Å². The van der Waals surface area contributed by atoms with Gasteiger partial charge >= 0.3 is 0 Å². The molecule has 1 aromatic carbocycles. The van der Waals surface area contributed by atoms with Crippen LogP contribution in [0.2, 0.25) is 0 Å². The Labute approximate surface area is 187 Å². The average molecular weight is 454 g/mol. The number of nitro groups is 1. The van der Waals surface area contributed by atoms with E-state index in [1.807, 2.05) is 6.92 Å². The van der Waals surface area contributed by atoms with Gasteiger partial charge in [0.25, 0.3) is 5.69 Å². The number of aliphatic hydroxyl groups excluding tert-OH is 2. The van der Waals surface area contributed by atoms with E-state index in [2.05, 4.69) is 15.0 Å². The summed E-state index contributed by atoms with van der Waals surface area (Å²) in [5.74, 6) is 0.652. The normalized spacial score (nSPS) is 22.9. The highest BCUT2D eigenvalue weighted by Crippen LogP contribution is 2.34. The minimum atomic E-state index is -1.12. The molecule has 3 aromatic heterocycles. The molecule has 2 N–H and O–H groups in total. The molecule has 5 rings (SSSR count). The predicted molar refractivity (Wildman–Crippen MR) is 115 cm³/mol. The first kappa shape index (κ1) is 21.2. The van der Waals surface area contributed by atoms with Gasteiger partial charge in [-0.05, 0) is 12.0 Å². The third-order valence-electron chi connectivity index (χ3n) is 5.81. The predicted octanol–water partition coefficient (Wildman–Crippen LogP) is 1.64. The number of rotatable bonds is 7. The number of benzene rings is 1. The molecular formula is C21H22N6O6. The molecule has 0 unspecified atom stereocenters. The topological polar surface area (TPSA) is 150 Å². The van der Waals surface area contributed by atoms with Crippen LogP contribution in [-0.2, 0) is 11.2 Å². The van der Waals surface area contributed by atoms with E-state index >= 15 is 0 Å². The summed E-state index contributed by atoms with van der Waals surface area (Å²) in [4.78, 5) is 23.5. The van der Waals surface area contributed by atoms with Gasteiger partial charge in [-0.1, -0.05) is 19.1 Å². The lowest BCUT2D eigenvalue weighted by molar-refractivity contribution is -0.384. The fraction of sp³-hybridized carbons (Fsp3) is 0.381. The van der Waals surface area contributed by atoms with Crippen LogP contribution in [0.15, 0.2) is 43.0 Å². The largest absolute Gasteiger partial charge is 0.476 e. The van der Waals surface area contributed by atoms with Crippen molar-refractivity contribution >= 4 is 22.6 Å². The van der Waals surface area contributed by atoms with Gasteiger partial charge in [-0.15, -0.1) is 0 Å². The summed E-state index contributed by atoms with van der Waals surface area (Å²) in [6.45, 7) is 2.15. The third kappa shape index (κ3) is 3.67. The highest BCUT2D eigenvalue weighted by atomic mass is 16.6. The van der Waals surface area contributed by atoms with Gasteiger partial charge in [0.1, 0.15) is 12.2 Å². The van der Waals surface area contributed by atoms with Gasteiger partial charge in [-0.3, -0.25) is 19.1 Å². The molecule has 0 aliphatic carbocycles. The van der Waals surface area contributed by atoms with Gasteiger partial charge < -0.3 is 19.7 Å². The van der Waals surface area contributed by atoms with Crippen LogP contribution < -0.4 is 4.74 Å². The van der Waals surface area contributed by atoms with Crippen molar-refractivity contribution in [3.05, 3.63) is 58.7 Å². The first-order chi connectivity index (χ1) is 16.0. The second-order valence-electron chi connectivity index (χ2n) is 7.81. The van der Waals surface area contributed by atoms with E-state index in [-0.39, 0.29) is 18.2 Å². The van der Waals surface area contributed by atoms with Crippen LogP contribution in [0.4, 0.5) is 5.69 Å². The van der Waals surface area contributed by atoms with Crippen molar-refractivity contribution in [3.63, 3.8) is 0 Å². The van der Waals surface area contributed by atoms with E-state index < -0.39 is 29.5 Å². The summed E-state index contributed by atoms with van der Waals surface area (Å²) in [6, 6.07) is 6.28. The maximum absolute atomic E-state index is 10.8. The molecule has 0 saturated carbocycles. The molecule has 12 heteroatoms. The molecule has 4 heterocycles. The number of aromatic nitrogens is 5. The van der Waals surface area contributed by atoms with E-state index in [1.165, 1.54) is 18.5 Å². The molecule has 1 saturated heterocycles. The van der Waals surface area contributed by atoms with Crippen molar-refractivity contribution in [2.45, 2.75) is 44.3 Å². The second-order valence-corrected chi connectivity index (χ2v) is 7.81. The summed E-state index contributed by atoms with van der Waals surface area (Å²) in [6.07, 6.45) is 2.47. The smallest absolute Gasteiger partial charge is 0.269 e. The Balaban J connectivity index is 1.43. The molecule has 12 nitrogen and oxygen atoms in total. The number of nitrogens with zero attached hydrogens (tertiary/aromatic N) is 6. The van der Waals surface area contributed by atoms with Crippen LogP contribution in [0, 0.1) is 10.1 Å². The minimum Gasteiger partial charge on any atom is -0.476 e. The van der Waals surface area contributed by atoms with Crippen molar-refractivity contribution in [1.82, 2.24) is 23.9 Å². The summed E-state index contributed by atoms with van der Waals surface area (Å²) < 4.78 is 15.2. The SMILES string of the molecule is CC[C@H]1O[C@@H](n2cnc3c(OCCc4ccc([N+](=O)[O-])cc4)nc4nccn4c32)[C@H](O)[C@@H]1O. The zero-order valence-corrected chi connectivity index (χ0v) is 17.7. The van der Waals surface area contributed by atoms with E-state index in [0.29, 0.717) is 29.8 Å². The van der Waals surface area contributed by atoms with Gasteiger partial charge in [0.05, 0.1) is 24.0 Å². The molecule has 1 fully saturated rings. The van der Waals surface area contributed by atoms with E-state index in [9.17, 15) is 20.3 Å². The standard InChI is InChI=1S/C21H22N6O6/c1-2-14-16(28)17(29)20(33-14)26-11-23-15-18(24-21-22-8-9-25(21)19(15)26)32-10-7-12-3-5-13(6-4-12)27(30)31/h3-6,8-9,11,14,16-17,20,28-29H,2,7,10H2,1H3/t14-,16-,17-,20-/m1/s1. The second kappa shape index (κ2) is 8.39. The molecule has 33 heavy (non-hydrogen) atoms. The van der Waals surface area contributed by atoms with Crippen LogP contribution in [0.25, 0.3) is 16.9 Å². The summed E-state index contributed by atoms with van der Waals surface area (Å²) in [7, 11) is 0. The van der Waals surface area contributed by atoms with Gasteiger partial charge in [0, 0.05) is 30.9 Å². The molecule has 0 spiro atoms. The molecule has 0 bridgehead atoms. The highest BCUT2D eigenvalue weighted by molar-refractivity contribution is 5.79.